The number of aryl methyl sites for hydroxylation is 1. The quantitative estimate of drug-likeness (QED) is 0.597. The van der Waals surface area contributed by atoms with Crippen molar-refractivity contribution < 1.29 is 4.79 Å². The largest absolute Gasteiger partial charge is 0.396 e. The second-order valence-corrected chi connectivity index (χ2v) is 8.11. The summed E-state index contributed by atoms with van der Waals surface area (Å²) in [5, 5.41) is 1.37. The highest BCUT2D eigenvalue weighted by Crippen LogP contribution is 2.42. The van der Waals surface area contributed by atoms with Crippen molar-refractivity contribution in [2.75, 3.05) is 5.73 Å². The minimum absolute atomic E-state index is 0.115. The summed E-state index contributed by atoms with van der Waals surface area (Å²) >= 11 is 6.50. The van der Waals surface area contributed by atoms with Crippen molar-refractivity contribution in [3.8, 4) is 11.1 Å². The molecule has 7 heteroatoms. The van der Waals surface area contributed by atoms with Gasteiger partial charge in [0.05, 0.1) is 23.5 Å². The van der Waals surface area contributed by atoms with Gasteiger partial charge in [-0.1, -0.05) is 18.0 Å². The molecule has 148 valence electrons. The molecular weight excluding hydrogens is 386 g/mol. The Morgan fingerprint density at radius 2 is 2.10 bits per heavy atom. The third-order valence-electron chi connectivity index (χ3n) is 5.91. The molecule has 0 spiro atoms. The number of carbonyl (C=O) groups is 1. The van der Waals surface area contributed by atoms with E-state index in [2.05, 4.69) is 14.4 Å². The van der Waals surface area contributed by atoms with Gasteiger partial charge in [0, 0.05) is 41.0 Å². The van der Waals surface area contributed by atoms with Gasteiger partial charge in [-0.15, -0.1) is 0 Å². The maximum Gasteiger partial charge on any atom is 0.220 e. The summed E-state index contributed by atoms with van der Waals surface area (Å²) in [4.78, 5) is 19.6. The zero-order chi connectivity index (χ0) is 20.7. The smallest absolute Gasteiger partial charge is 0.220 e. The van der Waals surface area contributed by atoms with Crippen LogP contribution in [0.2, 0.25) is 5.02 Å². The summed E-state index contributed by atoms with van der Waals surface area (Å²) in [6, 6.07) is 4.09. The van der Waals surface area contributed by atoms with E-state index < -0.39 is 0 Å². The molecule has 6 nitrogen and oxygen atoms in total. The lowest BCUT2D eigenvalue weighted by atomic mass is 9.85. The van der Waals surface area contributed by atoms with Gasteiger partial charge in [0.25, 0.3) is 0 Å². The molecule has 1 aliphatic rings. The van der Waals surface area contributed by atoms with Crippen LogP contribution in [0, 0.1) is 19.4 Å². The highest BCUT2D eigenvalue weighted by Gasteiger charge is 2.28. The molecule has 29 heavy (non-hydrogen) atoms. The summed E-state index contributed by atoms with van der Waals surface area (Å²) < 4.78 is 2.21. The number of amides is 1. The monoisotopic (exact) mass is 407 g/mol. The van der Waals surface area contributed by atoms with E-state index >= 15 is 0 Å². The van der Waals surface area contributed by atoms with Gasteiger partial charge in [-0.25, -0.2) is 4.85 Å². The third kappa shape index (κ3) is 3.32. The van der Waals surface area contributed by atoms with E-state index in [1.807, 2.05) is 25.3 Å². The molecule has 4 rings (SSSR count). The molecule has 0 radical (unpaired) electrons. The molecule has 1 amide bonds. The average Bonchev–Trinajstić information content (AvgIpc) is 3.07. The van der Waals surface area contributed by atoms with Crippen LogP contribution in [0.1, 0.15) is 37.3 Å². The van der Waals surface area contributed by atoms with Crippen molar-refractivity contribution in [3.63, 3.8) is 0 Å². The second kappa shape index (κ2) is 7.41. The molecule has 1 aliphatic carbocycles. The molecular formula is C22H22ClN5O. The summed E-state index contributed by atoms with van der Waals surface area (Å²) in [5.41, 5.74) is 16.1. The molecule has 3 aromatic rings. The number of nitrogens with two attached hydrogens (primary N) is 2. The Balaban J connectivity index is 1.94. The Kier molecular flexibility index (Phi) is 4.93. The van der Waals surface area contributed by atoms with Crippen molar-refractivity contribution in [2.45, 2.75) is 38.6 Å². The SMILES string of the molecule is [C-]#[N+]c1cc2c(-c3cncc(N)c3Cl)cn(C3CCCC(C(N)=O)C3)c2cc1C. The van der Waals surface area contributed by atoms with Crippen LogP contribution in [0.3, 0.4) is 0 Å². The number of aromatic nitrogens is 2. The Morgan fingerprint density at radius 1 is 1.31 bits per heavy atom. The van der Waals surface area contributed by atoms with Gasteiger partial charge in [0.15, 0.2) is 5.69 Å². The zero-order valence-electron chi connectivity index (χ0n) is 16.2. The van der Waals surface area contributed by atoms with E-state index in [-0.39, 0.29) is 17.9 Å². The van der Waals surface area contributed by atoms with Gasteiger partial charge in [-0.3, -0.25) is 9.78 Å². The first-order valence-electron chi connectivity index (χ1n) is 9.62. The molecule has 1 aromatic carbocycles. The fourth-order valence-electron chi connectivity index (χ4n) is 4.35. The predicted octanol–water partition coefficient (Wildman–Crippen LogP) is 5.01. The molecule has 0 aliphatic heterocycles. The maximum absolute atomic E-state index is 11.8. The van der Waals surface area contributed by atoms with Gasteiger partial charge >= 0.3 is 0 Å². The van der Waals surface area contributed by atoms with Gasteiger partial charge in [0.2, 0.25) is 5.91 Å². The van der Waals surface area contributed by atoms with Gasteiger partial charge in [-0.2, -0.15) is 0 Å². The van der Waals surface area contributed by atoms with Gasteiger partial charge in [-0.05, 0) is 49.3 Å². The molecule has 2 aromatic heterocycles. The fourth-order valence-corrected chi connectivity index (χ4v) is 4.55. The summed E-state index contributed by atoms with van der Waals surface area (Å²) in [6.07, 6.45) is 8.75. The van der Waals surface area contributed by atoms with Crippen LogP contribution in [-0.2, 0) is 4.79 Å². The zero-order valence-corrected chi connectivity index (χ0v) is 16.9. The highest BCUT2D eigenvalue weighted by atomic mass is 35.5. The van der Waals surface area contributed by atoms with Crippen molar-refractivity contribution >= 4 is 39.8 Å². The van der Waals surface area contributed by atoms with Crippen molar-refractivity contribution in [2.24, 2.45) is 11.7 Å². The van der Waals surface area contributed by atoms with Gasteiger partial charge in [0.1, 0.15) is 0 Å². The van der Waals surface area contributed by atoms with Crippen molar-refractivity contribution in [3.05, 3.63) is 52.7 Å². The lowest BCUT2D eigenvalue weighted by molar-refractivity contribution is -0.123. The minimum atomic E-state index is -0.235. The first-order chi connectivity index (χ1) is 13.9. The van der Waals surface area contributed by atoms with Crippen LogP contribution in [-0.4, -0.2) is 15.5 Å². The van der Waals surface area contributed by atoms with E-state index in [0.717, 1.165) is 46.9 Å². The molecule has 1 saturated carbocycles. The number of hydrogen-bond acceptors (Lipinski definition) is 3. The Labute approximate surface area is 174 Å². The first-order valence-corrected chi connectivity index (χ1v) is 9.99. The van der Waals surface area contributed by atoms with Gasteiger partial charge < -0.3 is 16.0 Å². The topological polar surface area (TPSA) is 91.3 Å². The Morgan fingerprint density at radius 3 is 2.83 bits per heavy atom. The molecule has 1 fully saturated rings. The molecule has 2 atom stereocenters. The number of nitrogens with zero attached hydrogens (tertiary/aromatic N) is 3. The van der Waals surface area contributed by atoms with Crippen molar-refractivity contribution in [1.82, 2.24) is 9.55 Å². The lowest BCUT2D eigenvalue weighted by Crippen LogP contribution is -2.29. The Bertz CT molecular complexity index is 1160. The molecule has 2 unspecified atom stereocenters. The van der Waals surface area contributed by atoms with E-state index in [4.69, 9.17) is 29.6 Å². The molecule has 0 bridgehead atoms. The highest BCUT2D eigenvalue weighted by molar-refractivity contribution is 6.36. The number of halogens is 1. The summed E-state index contributed by atoms with van der Waals surface area (Å²) in [6.45, 7) is 9.43. The standard InChI is InChI=1S/C22H22ClN5O/c1-12-6-20-15(8-19(12)26-2)17(16-9-27-10-18(24)21(16)23)11-28(20)14-5-3-4-13(7-14)22(25)29/h6,8-11,13-14H,3-5,7,24H2,1H3,(H2,25,29). The van der Waals surface area contributed by atoms with Crippen LogP contribution in [0.5, 0.6) is 0 Å². The van der Waals surface area contributed by atoms with E-state index in [1.165, 1.54) is 6.20 Å². The average molecular weight is 408 g/mol. The number of benzene rings is 1. The second-order valence-electron chi connectivity index (χ2n) is 7.73. The first kappa shape index (κ1) is 19.3. The fraction of sp³-hybridized carbons (Fsp3) is 0.318. The van der Waals surface area contributed by atoms with E-state index in [9.17, 15) is 4.79 Å². The summed E-state index contributed by atoms with van der Waals surface area (Å²) in [5.74, 6) is -0.350. The predicted molar refractivity (Wildman–Crippen MR) is 116 cm³/mol. The molecule has 0 saturated heterocycles. The number of nitrogen functional groups attached to an aromatic ring is 1. The number of carbonyl (C=O) groups excluding carboxylic acids is 1. The van der Waals surface area contributed by atoms with Crippen LogP contribution in [0.15, 0.2) is 30.7 Å². The maximum atomic E-state index is 11.8. The van der Waals surface area contributed by atoms with Crippen LogP contribution >= 0.6 is 11.6 Å². The lowest BCUT2D eigenvalue weighted by Gasteiger charge is -2.29. The molecule has 2 heterocycles. The van der Waals surface area contributed by atoms with E-state index in [0.29, 0.717) is 22.8 Å². The number of anilines is 1. The minimum Gasteiger partial charge on any atom is -0.396 e. The van der Waals surface area contributed by atoms with Crippen LogP contribution in [0.25, 0.3) is 26.9 Å². The normalized spacial score (nSPS) is 19.2. The van der Waals surface area contributed by atoms with Crippen molar-refractivity contribution in [1.29, 1.82) is 0 Å². The molecule has 4 N–H and O–H groups in total. The Hall–Kier alpha value is -3.04. The number of fused-ring (bicyclic) bond motifs is 1. The third-order valence-corrected chi connectivity index (χ3v) is 6.33. The number of hydrogen-bond donors (Lipinski definition) is 2. The van der Waals surface area contributed by atoms with Crippen LogP contribution < -0.4 is 11.5 Å². The number of primary amides is 1. The summed E-state index contributed by atoms with van der Waals surface area (Å²) in [7, 11) is 0. The van der Waals surface area contributed by atoms with Crippen LogP contribution in [0.4, 0.5) is 11.4 Å². The number of pyridine rings is 1. The van der Waals surface area contributed by atoms with E-state index in [1.54, 1.807) is 6.20 Å². The number of rotatable bonds is 3.